The molecular weight excluding hydrogens is 424 g/mol. The van der Waals surface area contributed by atoms with E-state index in [1.54, 1.807) is 0 Å². The summed E-state index contributed by atoms with van der Waals surface area (Å²) in [6.07, 6.45) is -1.52. The molecule has 5 nitrogen and oxygen atoms in total. The van der Waals surface area contributed by atoms with Gasteiger partial charge in [-0.2, -0.15) is 17.5 Å². The van der Waals surface area contributed by atoms with Crippen LogP contribution >= 0.6 is 0 Å². The topological polar surface area (TPSA) is 66.5 Å². The van der Waals surface area contributed by atoms with Crippen LogP contribution in [0, 0.1) is 5.82 Å². The Balaban J connectivity index is 1.92. The first-order chi connectivity index (χ1) is 14.1. The third-order valence-electron chi connectivity index (χ3n) is 4.87. The highest BCUT2D eigenvalue weighted by molar-refractivity contribution is 7.89. The van der Waals surface area contributed by atoms with Gasteiger partial charge < -0.3 is 5.32 Å². The molecule has 0 saturated carbocycles. The molecule has 3 rings (SSSR count). The second kappa shape index (κ2) is 8.73. The standard InChI is InChI=1S/C20H20F4N2O3S/c21-17-10-9-14(30(28,29)26-11-5-1-2-6-12-26)13-15(17)19(27)25-18-8-4-3-7-16(18)20(22,23)24/h3-4,7-10,13H,1-2,5-6,11-12H2,(H,25,27). The molecule has 0 aromatic heterocycles. The number of benzene rings is 2. The summed E-state index contributed by atoms with van der Waals surface area (Å²) < 4.78 is 80.7. The number of alkyl halides is 3. The van der Waals surface area contributed by atoms with Crippen LogP contribution < -0.4 is 5.32 Å². The van der Waals surface area contributed by atoms with E-state index in [-0.39, 0.29) is 4.90 Å². The Morgan fingerprint density at radius 2 is 1.60 bits per heavy atom. The minimum atomic E-state index is -4.72. The molecule has 10 heteroatoms. The van der Waals surface area contributed by atoms with Crippen molar-refractivity contribution < 1.29 is 30.8 Å². The summed E-state index contributed by atoms with van der Waals surface area (Å²) in [6, 6.07) is 7.02. The van der Waals surface area contributed by atoms with Crippen molar-refractivity contribution in [3.8, 4) is 0 Å². The molecule has 1 N–H and O–H groups in total. The van der Waals surface area contributed by atoms with Crippen molar-refractivity contribution in [3.63, 3.8) is 0 Å². The van der Waals surface area contributed by atoms with E-state index in [0.29, 0.717) is 25.9 Å². The number of halogens is 4. The summed E-state index contributed by atoms with van der Waals surface area (Å²) in [5, 5.41) is 2.04. The van der Waals surface area contributed by atoms with Crippen LogP contribution in [0.15, 0.2) is 47.4 Å². The van der Waals surface area contributed by atoms with E-state index in [4.69, 9.17) is 0 Å². The number of hydrogen-bond donors (Lipinski definition) is 1. The van der Waals surface area contributed by atoms with Crippen LogP contribution in [0.2, 0.25) is 0 Å². The Hall–Kier alpha value is -2.46. The SMILES string of the molecule is O=C(Nc1ccccc1C(F)(F)F)c1cc(S(=O)(=O)N2CCCCCC2)ccc1F. The van der Waals surface area contributed by atoms with E-state index in [2.05, 4.69) is 0 Å². The number of para-hydroxylation sites is 1. The highest BCUT2D eigenvalue weighted by Crippen LogP contribution is 2.35. The lowest BCUT2D eigenvalue weighted by molar-refractivity contribution is -0.136. The van der Waals surface area contributed by atoms with E-state index < -0.39 is 44.7 Å². The lowest BCUT2D eigenvalue weighted by Crippen LogP contribution is -2.32. The van der Waals surface area contributed by atoms with Crippen molar-refractivity contribution in [1.82, 2.24) is 4.31 Å². The van der Waals surface area contributed by atoms with E-state index in [9.17, 15) is 30.8 Å². The first kappa shape index (κ1) is 22.2. The van der Waals surface area contributed by atoms with Crippen molar-refractivity contribution in [2.24, 2.45) is 0 Å². The Morgan fingerprint density at radius 1 is 0.967 bits per heavy atom. The average Bonchev–Trinajstić information content (AvgIpc) is 2.98. The molecule has 2 aromatic rings. The molecule has 1 heterocycles. The molecule has 1 amide bonds. The van der Waals surface area contributed by atoms with Crippen LogP contribution in [0.1, 0.15) is 41.6 Å². The number of sulfonamides is 1. The molecule has 1 aliphatic heterocycles. The molecule has 2 aromatic carbocycles. The number of rotatable bonds is 4. The summed E-state index contributed by atoms with van der Waals surface area (Å²) in [7, 11) is -3.96. The summed E-state index contributed by atoms with van der Waals surface area (Å²) >= 11 is 0. The van der Waals surface area contributed by atoms with Gasteiger partial charge >= 0.3 is 6.18 Å². The quantitative estimate of drug-likeness (QED) is 0.698. The van der Waals surface area contributed by atoms with Crippen LogP contribution in [-0.4, -0.2) is 31.7 Å². The zero-order valence-electron chi connectivity index (χ0n) is 15.9. The van der Waals surface area contributed by atoms with E-state index in [1.807, 2.05) is 5.32 Å². The van der Waals surface area contributed by atoms with Crippen molar-refractivity contribution in [2.45, 2.75) is 36.8 Å². The van der Waals surface area contributed by atoms with Gasteiger partial charge in [-0.05, 0) is 43.2 Å². The van der Waals surface area contributed by atoms with Crippen LogP contribution in [0.25, 0.3) is 0 Å². The first-order valence-corrected chi connectivity index (χ1v) is 10.8. The lowest BCUT2D eigenvalue weighted by Gasteiger charge is -2.20. The first-order valence-electron chi connectivity index (χ1n) is 9.38. The van der Waals surface area contributed by atoms with Gasteiger partial charge in [0.2, 0.25) is 10.0 Å². The van der Waals surface area contributed by atoms with Crippen LogP contribution in [-0.2, 0) is 16.2 Å². The van der Waals surface area contributed by atoms with Gasteiger partial charge in [-0.3, -0.25) is 4.79 Å². The Morgan fingerprint density at radius 3 is 2.23 bits per heavy atom. The van der Waals surface area contributed by atoms with Gasteiger partial charge in [0.25, 0.3) is 5.91 Å². The molecule has 30 heavy (non-hydrogen) atoms. The highest BCUT2D eigenvalue weighted by atomic mass is 32.2. The highest BCUT2D eigenvalue weighted by Gasteiger charge is 2.34. The zero-order valence-corrected chi connectivity index (χ0v) is 16.7. The number of carbonyl (C=O) groups is 1. The maximum Gasteiger partial charge on any atom is 0.418 e. The number of nitrogens with one attached hydrogen (secondary N) is 1. The predicted octanol–water partition coefficient (Wildman–Crippen LogP) is 4.66. The van der Waals surface area contributed by atoms with Gasteiger partial charge in [-0.25, -0.2) is 12.8 Å². The molecule has 0 radical (unpaired) electrons. The lowest BCUT2D eigenvalue weighted by atomic mass is 10.1. The fraction of sp³-hybridized carbons (Fsp3) is 0.350. The van der Waals surface area contributed by atoms with Gasteiger partial charge in [0, 0.05) is 13.1 Å². The molecule has 162 valence electrons. The molecular formula is C20H20F4N2O3S. The summed E-state index contributed by atoms with van der Waals surface area (Å²) in [4.78, 5) is 12.2. The second-order valence-electron chi connectivity index (χ2n) is 6.96. The zero-order chi connectivity index (χ0) is 21.9. The van der Waals surface area contributed by atoms with Gasteiger partial charge in [-0.1, -0.05) is 25.0 Å². The second-order valence-corrected chi connectivity index (χ2v) is 8.90. The molecule has 0 atom stereocenters. The third-order valence-corrected chi connectivity index (χ3v) is 6.76. The number of amides is 1. The van der Waals surface area contributed by atoms with Gasteiger partial charge in [-0.15, -0.1) is 0 Å². The van der Waals surface area contributed by atoms with Crippen molar-refractivity contribution in [2.75, 3.05) is 18.4 Å². The average molecular weight is 444 g/mol. The maximum atomic E-state index is 14.3. The van der Waals surface area contributed by atoms with Crippen LogP contribution in [0.4, 0.5) is 23.2 Å². The normalized spacial score (nSPS) is 16.1. The minimum absolute atomic E-state index is 0.278. The fourth-order valence-corrected chi connectivity index (χ4v) is 4.84. The molecule has 0 spiro atoms. The maximum absolute atomic E-state index is 14.3. The number of hydrogen-bond acceptors (Lipinski definition) is 3. The Bertz CT molecular complexity index is 1030. The van der Waals surface area contributed by atoms with Crippen molar-refractivity contribution in [3.05, 3.63) is 59.4 Å². The van der Waals surface area contributed by atoms with Crippen molar-refractivity contribution in [1.29, 1.82) is 0 Å². The van der Waals surface area contributed by atoms with Crippen LogP contribution in [0.5, 0.6) is 0 Å². The third kappa shape index (κ3) is 4.81. The molecule has 1 fully saturated rings. The smallest absolute Gasteiger partial charge is 0.321 e. The Kier molecular flexibility index (Phi) is 6.47. The summed E-state index contributed by atoms with van der Waals surface area (Å²) in [5.41, 5.74) is -2.29. The monoisotopic (exact) mass is 444 g/mol. The van der Waals surface area contributed by atoms with Gasteiger partial charge in [0.05, 0.1) is 21.7 Å². The molecule has 0 unspecified atom stereocenters. The summed E-state index contributed by atoms with van der Waals surface area (Å²) in [6.45, 7) is 0.639. The largest absolute Gasteiger partial charge is 0.418 e. The fourth-order valence-electron chi connectivity index (χ4n) is 3.30. The molecule has 1 saturated heterocycles. The van der Waals surface area contributed by atoms with Crippen LogP contribution in [0.3, 0.4) is 0 Å². The number of anilines is 1. The van der Waals surface area contributed by atoms with E-state index >= 15 is 0 Å². The van der Waals surface area contributed by atoms with Crippen molar-refractivity contribution >= 4 is 21.6 Å². The number of carbonyl (C=O) groups excluding carboxylic acids is 1. The van der Waals surface area contributed by atoms with E-state index in [0.717, 1.165) is 49.2 Å². The Labute approximate surface area is 171 Å². The summed E-state index contributed by atoms with van der Waals surface area (Å²) in [5.74, 6) is -2.20. The van der Waals surface area contributed by atoms with E-state index in [1.165, 1.54) is 10.4 Å². The molecule has 1 aliphatic rings. The minimum Gasteiger partial charge on any atom is -0.321 e. The number of nitrogens with zero attached hydrogens (tertiary/aromatic N) is 1. The van der Waals surface area contributed by atoms with Gasteiger partial charge in [0.1, 0.15) is 5.82 Å². The van der Waals surface area contributed by atoms with Gasteiger partial charge in [0.15, 0.2) is 0 Å². The predicted molar refractivity (Wildman–Crippen MR) is 103 cm³/mol. The molecule has 0 aliphatic carbocycles. The molecule has 0 bridgehead atoms.